The van der Waals surface area contributed by atoms with Crippen LogP contribution in [0.4, 0.5) is 5.69 Å². The summed E-state index contributed by atoms with van der Waals surface area (Å²) in [5.74, 6) is 0. The number of nitrogens with one attached hydrogen (secondary N) is 1. The van der Waals surface area contributed by atoms with Crippen LogP contribution in [0.15, 0.2) is 29.1 Å². The van der Waals surface area contributed by atoms with Gasteiger partial charge >= 0.3 is 0 Å². The minimum Gasteiger partial charge on any atom is -0.376 e. The molecule has 5 heteroatoms. The first kappa shape index (κ1) is 12.1. The fourth-order valence-electron chi connectivity index (χ4n) is 1.35. The molecule has 0 spiro atoms. The fourth-order valence-corrected chi connectivity index (χ4v) is 3.02. The molecule has 0 amide bonds. The number of thiazole rings is 1. The Morgan fingerprint density at radius 3 is 2.94 bits per heavy atom. The van der Waals surface area contributed by atoms with Gasteiger partial charge < -0.3 is 5.32 Å². The van der Waals surface area contributed by atoms with E-state index in [2.05, 4.69) is 45.2 Å². The molecular weight excluding hydrogens is 355 g/mol. The van der Waals surface area contributed by atoms with E-state index in [-0.39, 0.29) is 6.04 Å². The first-order valence-corrected chi connectivity index (χ1v) is 7.16. The molecule has 2 aromatic rings. The van der Waals surface area contributed by atoms with Gasteiger partial charge in [-0.2, -0.15) is 0 Å². The van der Waals surface area contributed by atoms with Crippen molar-refractivity contribution in [3.8, 4) is 0 Å². The first-order valence-electron chi connectivity index (χ1n) is 4.76. The lowest BCUT2D eigenvalue weighted by Crippen LogP contribution is -2.07. The van der Waals surface area contributed by atoms with Crippen LogP contribution in [-0.4, -0.2) is 4.98 Å². The highest BCUT2D eigenvalue weighted by molar-refractivity contribution is 14.1. The number of nitrogens with zero attached hydrogens (tertiary/aromatic N) is 1. The predicted octanol–water partition coefficient (Wildman–Crippen LogP) is 4.57. The number of aromatic nitrogens is 1. The molecule has 1 heterocycles. The summed E-state index contributed by atoms with van der Waals surface area (Å²) in [7, 11) is 0. The van der Waals surface area contributed by atoms with Crippen LogP contribution < -0.4 is 5.32 Å². The molecule has 0 aliphatic heterocycles. The minimum absolute atomic E-state index is 0.209. The highest BCUT2D eigenvalue weighted by Crippen LogP contribution is 2.26. The topological polar surface area (TPSA) is 24.9 Å². The van der Waals surface area contributed by atoms with E-state index in [1.807, 2.05) is 23.7 Å². The number of halogens is 2. The van der Waals surface area contributed by atoms with Gasteiger partial charge in [-0.25, -0.2) is 4.98 Å². The van der Waals surface area contributed by atoms with Crippen LogP contribution in [0.3, 0.4) is 0 Å². The Balaban J connectivity index is 2.15. The molecule has 1 unspecified atom stereocenters. The van der Waals surface area contributed by atoms with Crippen molar-refractivity contribution >= 4 is 51.2 Å². The number of hydrogen-bond acceptors (Lipinski definition) is 3. The number of benzene rings is 1. The summed E-state index contributed by atoms with van der Waals surface area (Å²) in [5.41, 5.74) is 4.00. The average molecular weight is 365 g/mol. The lowest BCUT2D eigenvalue weighted by Gasteiger charge is -2.14. The van der Waals surface area contributed by atoms with E-state index in [0.717, 1.165) is 20.0 Å². The van der Waals surface area contributed by atoms with Gasteiger partial charge in [0.15, 0.2) is 0 Å². The van der Waals surface area contributed by atoms with Crippen molar-refractivity contribution in [3.63, 3.8) is 0 Å². The van der Waals surface area contributed by atoms with Crippen molar-refractivity contribution in [2.45, 2.75) is 13.0 Å². The van der Waals surface area contributed by atoms with Crippen molar-refractivity contribution in [2.24, 2.45) is 0 Å². The van der Waals surface area contributed by atoms with Gasteiger partial charge in [-0.1, -0.05) is 11.6 Å². The van der Waals surface area contributed by atoms with Crippen LogP contribution >= 0.6 is 45.5 Å². The van der Waals surface area contributed by atoms with Crippen molar-refractivity contribution in [1.29, 1.82) is 0 Å². The van der Waals surface area contributed by atoms with Gasteiger partial charge in [0.05, 0.1) is 17.2 Å². The molecule has 1 N–H and O–H groups in total. The molecule has 0 saturated carbocycles. The van der Waals surface area contributed by atoms with Crippen LogP contribution in [0, 0.1) is 3.57 Å². The maximum atomic E-state index is 5.91. The zero-order chi connectivity index (χ0) is 11.5. The molecular formula is C11H10ClIN2S. The van der Waals surface area contributed by atoms with Crippen LogP contribution in [0.1, 0.15) is 18.7 Å². The molecule has 0 aliphatic carbocycles. The van der Waals surface area contributed by atoms with Gasteiger partial charge in [-0.3, -0.25) is 0 Å². The van der Waals surface area contributed by atoms with Gasteiger partial charge in [0.25, 0.3) is 0 Å². The summed E-state index contributed by atoms with van der Waals surface area (Å²) in [5, 5.41) is 6.23. The largest absolute Gasteiger partial charge is 0.376 e. The van der Waals surface area contributed by atoms with Gasteiger partial charge in [0.1, 0.15) is 0 Å². The molecule has 0 saturated heterocycles. The summed E-state index contributed by atoms with van der Waals surface area (Å²) in [6.45, 7) is 2.10. The Kier molecular flexibility index (Phi) is 4.05. The second kappa shape index (κ2) is 5.33. The Hall–Kier alpha value is -0.330. The standard InChI is InChI=1S/C11H10ClIN2S/c1-7(11-5-16-6-14-11)15-10-3-2-8(12)4-9(10)13/h2-7,15H,1H3. The highest BCUT2D eigenvalue weighted by Gasteiger charge is 2.09. The van der Waals surface area contributed by atoms with Gasteiger partial charge in [-0.15, -0.1) is 11.3 Å². The van der Waals surface area contributed by atoms with E-state index < -0.39 is 0 Å². The third kappa shape index (κ3) is 2.87. The maximum absolute atomic E-state index is 5.91. The molecule has 0 fully saturated rings. The van der Waals surface area contributed by atoms with Crippen molar-refractivity contribution in [3.05, 3.63) is 43.4 Å². The minimum atomic E-state index is 0.209. The fraction of sp³-hybridized carbons (Fsp3) is 0.182. The molecule has 16 heavy (non-hydrogen) atoms. The lowest BCUT2D eigenvalue weighted by molar-refractivity contribution is 0.849. The number of rotatable bonds is 3. The monoisotopic (exact) mass is 364 g/mol. The first-order chi connectivity index (χ1) is 7.66. The third-order valence-corrected chi connectivity index (χ3v) is 3.93. The van der Waals surface area contributed by atoms with E-state index in [9.17, 15) is 0 Å². The third-order valence-electron chi connectivity index (χ3n) is 2.20. The van der Waals surface area contributed by atoms with E-state index in [1.165, 1.54) is 0 Å². The van der Waals surface area contributed by atoms with Crippen LogP contribution in [0.25, 0.3) is 0 Å². The number of hydrogen-bond donors (Lipinski definition) is 1. The molecule has 0 bridgehead atoms. The van der Waals surface area contributed by atoms with Gasteiger partial charge in [-0.05, 0) is 47.7 Å². The Labute approximate surface area is 117 Å². The second-order valence-corrected chi connectivity index (χ2v) is 5.72. The lowest BCUT2D eigenvalue weighted by atomic mass is 10.2. The second-order valence-electron chi connectivity index (χ2n) is 3.40. The maximum Gasteiger partial charge on any atom is 0.0795 e. The summed E-state index contributed by atoms with van der Waals surface area (Å²) >= 11 is 9.79. The van der Waals surface area contributed by atoms with E-state index in [4.69, 9.17) is 11.6 Å². The summed E-state index contributed by atoms with van der Waals surface area (Å²) in [6, 6.07) is 6.03. The SMILES string of the molecule is CC(Nc1ccc(Cl)cc1I)c1cscn1. The van der Waals surface area contributed by atoms with Crippen LogP contribution in [-0.2, 0) is 0 Å². The predicted molar refractivity (Wildman–Crippen MR) is 78.3 cm³/mol. The summed E-state index contributed by atoms with van der Waals surface area (Å²) < 4.78 is 1.12. The molecule has 1 atom stereocenters. The zero-order valence-corrected chi connectivity index (χ0v) is 12.3. The molecule has 0 aliphatic rings. The quantitative estimate of drug-likeness (QED) is 0.807. The smallest absolute Gasteiger partial charge is 0.0795 e. The Bertz CT molecular complexity index is 473. The normalized spacial score (nSPS) is 12.4. The number of anilines is 1. The van der Waals surface area contributed by atoms with Crippen LogP contribution in [0.5, 0.6) is 0 Å². The Morgan fingerprint density at radius 1 is 1.50 bits per heavy atom. The van der Waals surface area contributed by atoms with E-state index in [1.54, 1.807) is 11.3 Å². The zero-order valence-electron chi connectivity index (χ0n) is 8.58. The van der Waals surface area contributed by atoms with E-state index in [0.29, 0.717) is 0 Å². The van der Waals surface area contributed by atoms with Gasteiger partial charge in [0, 0.05) is 19.7 Å². The summed E-state index contributed by atoms with van der Waals surface area (Å²) in [6.07, 6.45) is 0. The Morgan fingerprint density at radius 2 is 2.31 bits per heavy atom. The summed E-state index contributed by atoms with van der Waals surface area (Å²) in [4.78, 5) is 4.29. The van der Waals surface area contributed by atoms with Crippen molar-refractivity contribution < 1.29 is 0 Å². The van der Waals surface area contributed by atoms with Crippen LogP contribution in [0.2, 0.25) is 5.02 Å². The molecule has 84 valence electrons. The highest BCUT2D eigenvalue weighted by atomic mass is 127. The molecule has 0 radical (unpaired) electrons. The van der Waals surface area contributed by atoms with Crippen molar-refractivity contribution in [2.75, 3.05) is 5.32 Å². The van der Waals surface area contributed by atoms with Crippen molar-refractivity contribution in [1.82, 2.24) is 4.98 Å². The molecule has 2 rings (SSSR count). The molecule has 1 aromatic heterocycles. The molecule has 1 aromatic carbocycles. The average Bonchev–Trinajstić information content (AvgIpc) is 2.75. The molecule has 2 nitrogen and oxygen atoms in total. The van der Waals surface area contributed by atoms with Gasteiger partial charge in [0.2, 0.25) is 0 Å². The van der Waals surface area contributed by atoms with E-state index >= 15 is 0 Å².